The SMILES string of the molecule is Cc1ccc(NC(=O)C(O)c2ccccc2)c(C(=O)O)c1. The Bertz CT molecular complexity index is 667. The zero-order valence-electron chi connectivity index (χ0n) is 11.4. The van der Waals surface area contributed by atoms with Gasteiger partial charge in [-0.1, -0.05) is 42.0 Å². The van der Waals surface area contributed by atoms with Crippen LogP contribution < -0.4 is 5.32 Å². The first-order valence-electron chi connectivity index (χ1n) is 6.37. The summed E-state index contributed by atoms with van der Waals surface area (Å²) in [5.74, 6) is -1.81. The van der Waals surface area contributed by atoms with Crippen LogP contribution in [0.2, 0.25) is 0 Å². The van der Waals surface area contributed by atoms with Gasteiger partial charge in [-0.3, -0.25) is 4.79 Å². The first-order valence-corrected chi connectivity index (χ1v) is 6.37. The predicted octanol–water partition coefficient (Wildman–Crippen LogP) is 2.37. The van der Waals surface area contributed by atoms with Crippen molar-refractivity contribution in [3.05, 3.63) is 65.2 Å². The molecule has 1 amide bonds. The number of aliphatic hydroxyl groups is 1. The van der Waals surface area contributed by atoms with Crippen molar-refractivity contribution in [3.8, 4) is 0 Å². The van der Waals surface area contributed by atoms with Crippen LogP contribution in [0.25, 0.3) is 0 Å². The van der Waals surface area contributed by atoms with E-state index in [0.717, 1.165) is 5.56 Å². The lowest BCUT2D eigenvalue weighted by atomic mass is 10.1. The number of anilines is 1. The molecular formula is C16H15NO4. The highest BCUT2D eigenvalue weighted by Gasteiger charge is 2.19. The number of aliphatic hydroxyl groups excluding tert-OH is 1. The van der Waals surface area contributed by atoms with Crippen molar-refractivity contribution in [1.82, 2.24) is 0 Å². The second kappa shape index (κ2) is 6.19. The fourth-order valence-electron chi connectivity index (χ4n) is 1.93. The normalized spacial score (nSPS) is 11.7. The summed E-state index contributed by atoms with van der Waals surface area (Å²) in [6, 6.07) is 13.1. The molecule has 0 aliphatic heterocycles. The molecule has 0 aromatic heterocycles. The van der Waals surface area contributed by atoms with E-state index in [0.29, 0.717) is 5.56 Å². The van der Waals surface area contributed by atoms with Crippen molar-refractivity contribution in [2.75, 3.05) is 5.32 Å². The number of benzene rings is 2. The van der Waals surface area contributed by atoms with Crippen LogP contribution in [0.5, 0.6) is 0 Å². The number of carboxylic acid groups (broad SMARTS) is 1. The number of rotatable bonds is 4. The van der Waals surface area contributed by atoms with Crippen molar-refractivity contribution in [2.24, 2.45) is 0 Å². The van der Waals surface area contributed by atoms with Gasteiger partial charge in [-0.25, -0.2) is 4.79 Å². The first-order chi connectivity index (χ1) is 9.99. The number of carbonyl (C=O) groups excluding carboxylic acids is 1. The summed E-state index contributed by atoms with van der Waals surface area (Å²) in [6.07, 6.45) is -1.35. The largest absolute Gasteiger partial charge is 0.478 e. The van der Waals surface area contributed by atoms with Crippen LogP contribution in [0.1, 0.15) is 27.6 Å². The maximum atomic E-state index is 12.0. The Labute approximate surface area is 121 Å². The number of hydrogen-bond donors (Lipinski definition) is 3. The summed E-state index contributed by atoms with van der Waals surface area (Å²) in [5, 5.41) is 21.6. The van der Waals surface area contributed by atoms with Crippen LogP contribution in [0.3, 0.4) is 0 Å². The van der Waals surface area contributed by atoms with Gasteiger partial charge >= 0.3 is 5.97 Å². The first kappa shape index (κ1) is 14.7. The average Bonchev–Trinajstić information content (AvgIpc) is 2.49. The molecule has 108 valence electrons. The predicted molar refractivity (Wildman–Crippen MR) is 78.2 cm³/mol. The zero-order chi connectivity index (χ0) is 15.4. The second-order valence-corrected chi connectivity index (χ2v) is 4.66. The number of aryl methyl sites for hydroxylation is 1. The number of carboxylic acids is 1. The number of amides is 1. The van der Waals surface area contributed by atoms with Gasteiger partial charge < -0.3 is 15.5 Å². The van der Waals surface area contributed by atoms with Crippen LogP contribution in [0.4, 0.5) is 5.69 Å². The Morgan fingerprint density at radius 1 is 1.10 bits per heavy atom. The number of hydrogen-bond acceptors (Lipinski definition) is 3. The smallest absolute Gasteiger partial charge is 0.337 e. The Morgan fingerprint density at radius 3 is 2.38 bits per heavy atom. The minimum Gasteiger partial charge on any atom is -0.478 e. The van der Waals surface area contributed by atoms with E-state index in [4.69, 9.17) is 5.11 Å². The van der Waals surface area contributed by atoms with Crippen LogP contribution in [0, 0.1) is 6.92 Å². The van der Waals surface area contributed by atoms with Crippen molar-refractivity contribution in [3.63, 3.8) is 0 Å². The Kier molecular flexibility index (Phi) is 4.35. The molecule has 2 aromatic rings. The molecule has 0 saturated heterocycles. The van der Waals surface area contributed by atoms with Gasteiger partial charge in [0.05, 0.1) is 11.3 Å². The zero-order valence-corrected chi connectivity index (χ0v) is 11.4. The Hall–Kier alpha value is -2.66. The summed E-state index contributed by atoms with van der Waals surface area (Å²) < 4.78 is 0. The second-order valence-electron chi connectivity index (χ2n) is 4.66. The molecular weight excluding hydrogens is 270 g/mol. The standard InChI is InChI=1S/C16H15NO4/c1-10-7-8-13(12(9-10)16(20)21)17-15(19)14(18)11-5-3-2-4-6-11/h2-9,14,18H,1H3,(H,17,19)(H,20,21). The number of carbonyl (C=O) groups is 2. The summed E-state index contributed by atoms with van der Waals surface area (Å²) in [4.78, 5) is 23.2. The van der Waals surface area contributed by atoms with Crippen molar-refractivity contribution in [1.29, 1.82) is 0 Å². The number of nitrogens with one attached hydrogen (secondary N) is 1. The highest BCUT2D eigenvalue weighted by atomic mass is 16.4. The molecule has 1 unspecified atom stereocenters. The van der Waals surface area contributed by atoms with Crippen LogP contribution >= 0.6 is 0 Å². The van der Waals surface area contributed by atoms with E-state index in [-0.39, 0.29) is 11.3 Å². The monoisotopic (exact) mass is 285 g/mol. The molecule has 2 rings (SSSR count). The fourth-order valence-corrected chi connectivity index (χ4v) is 1.93. The third-order valence-electron chi connectivity index (χ3n) is 3.03. The van der Waals surface area contributed by atoms with E-state index in [1.165, 1.54) is 12.1 Å². The molecule has 0 aliphatic carbocycles. The van der Waals surface area contributed by atoms with Crippen LogP contribution in [-0.2, 0) is 4.79 Å². The Morgan fingerprint density at radius 2 is 1.76 bits per heavy atom. The minimum atomic E-state index is -1.35. The van der Waals surface area contributed by atoms with Gasteiger partial charge in [0.15, 0.2) is 6.10 Å². The molecule has 0 spiro atoms. The summed E-state index contributed by atoms with van der Waals surface area (Å²) in [7, 11) is 0. The van der Waals surface area contributed by atoms with Crippen LogP contribution in [-0.4, -0.2) is 22.1 Å². The van der Waals surface area contributed by atoms with Crippen molar-refractivity contribution >= 4 is 17.6 Å². The molecule has 0 heterocycles. The minimum absolute atomic E-state index is 0.0105. The quantitative estimate of drug-likeness (QED) is 0.805. The van der Waals surface area contributed by atoms with E-state index in [9.17, 15) is 14.7 Å². The molecule has 1 atom stereocenters. The Balaban J connectivity index is 2.22. The molecule has 5 nitrogen and oxygen atoms in total. The lowest BCUT2D eigenvalue weighted by Gasteiger charge is -2.13. The maximum Gasteiger partial charge on any atom is 0.337 e. The molecule has 3 N–H and O–H groups in total. The molecule has 21 heavy (non-hydrogen) atoms. The highest BCUT2D eigenvalue weighted by Crippen LogP contribution is 2.20. The summed E-state index contributed by atoms with van der Waals surface area (Å²) in [5.41, 5.74) is 1.37. The van der Waals surface area contributed by atoms with Gasteiger partial charge in [0, 0.05) is 0 Å². The molecule has 0 bridgehead atoms. The van der Waals surface area contributed by atoms with E-state index >= 15 is 0 Å². The molecule has 0 saturated carbocycles. The molecule has 5 heteroatoms. The third kappa shape index (κ3) is 3.46. The fraction of sp³-hybridized carbons (Fsp3) is 0.125. The average molecular weight is 285 g/mol. The highest BCUT2D eigenvalue weighted by molar-refractivity contribution is 6.02. The van der Waals surface area contributed by atoms with Gasteiger partial charge in [-0.05, 0) is 24.6 Å². The molecule has 2 aromatic carbocycles. The van der Waals surface area contributed by atoms with E-state index in [1.807, 2.05) is 0 Å². The molecule has 0 aliphatic rings. The van der Waals surface area contributed by atoms with Gasteiger partial charge in [-0.2, -0.15) is 0 Å². The topological polar surface area (TPSA) is 86.6 Å². The third-order valence-corrected chi connectivity index (χ3v) is 3.03. The summed E-state index contributed by atoms with van der Waals surface area (Å²) in [6.45, 7) is 1.76. The molecule has 0 radical (unpaired) electrons. The van der Waals surface area contributed by atoms with Crippen molar-refractivity contribution < 1.29 is 19.8 Å². The lowest BCUT2D eigenvalue weighted by Crippen LogP contribution is -2.22. The van der Waals surface area contributed by atoms with Gasteiger partial charge in [0.25, 0.3) is 5.91 Å². The van der Waals surface area contributed by atoms with E-state index in [1.54, 1.807) is 43.3 Å². The number of aromatic carboxylic acids is 1. The van der Waals surface area contributed by atoms with Gasteiger partial charge in [-0.15, -0.1) is 0 Å². The maximum absolute atomic E-state index is 12.0. The molecule has 0 fully saturated rings. The van der Waals surface area contributed by atoms with E-state index < -0.39 is 18.0 Å². The summed E-state index contributed by atoms with van der Waals surface area (Å²) >= 11 is 0. The van der Waals surface area contributed by atoms with Gasteiger partial charge in [0.2, 0.25) is 0 Å². The van der Waals surface area contributed by atoms with Crippen LogP contribution in [0.15, 0.2) is 48.5 Å². The van der Waals surface area contributed by atoms with Gasteiger partial charge in [0.1, 0.15) is 0 Å². The van der Waals surface area contributed by atoms with Crippen molar-refractivity contribution in [2.45, 2.75) is 13.0 Å². The van der Waals surface area contributed by atoms with E-state index in [2.05, 4.69) is 5.32 Å². The lowest BCUT2D eigenvalue weighted by molar-refractivity contribution is -0.124.